The number of hydrogen-bond donors (Lipinski definition) is 2. The van der Waals surface area contributed by atoms with Gasteiger partial charge in [-0.05, 0) is 24.3 Å². The topological polar surface area (TPSA) is 79.7 Å². The van der Waals surface area contributed by atoms with E-state index in [1.807, 2.05) is 0 Å². The molecule has 5 nitrogen and oxygen atoms in total. The molecule has 0 bridgehead atoms. The van der Waals surface area contributed by atoms with E-state index in [2.05, 4.69) is 4.98 Å². The van der Waals surface area contributed by atoms with Crippen LogP contribution in [0.5, 0.6) is 11.5 Å². The smallest absolute Gasteiger partial charge is 0.351 e. The van der Waals surface area contributed by atoms with Gasteiger partial charge in [0.05, 0.1) is 5.69 Å². The van der Waals surface area contributed by atoms with E-state index < -0.39 is 12.1 Å². The minimum atomic E-state index is -1.25. The number of hydrogen-bond acceptors (Lipinski definition) is 4. The molecule has 1 atom stereocenters. The zero-order chi connectivity index (χ0) is 13.0. The summed E-state index contributed by atoms with van der Waals surface area (Å²) in [7, 11) is 0. The monoisotopic (exact) mass is 245 g/mol. The molecule has 2 N–H and O–H groups in total. The van der Waals surface area contributed by atoms with E-state index in [0.29, 0.717) is 0 Å². The molecule has 1 heterocycles. The Hall–Kier alpha value is -2.56. The van der Waals surface area contributed by atoms with Crippen molar-refractivity contribution in [1.29, 1.82) is 0 Å². The van der Waals surface area contributed by atoms with Crippen LogP contribution < -0.4 is 4.74 Å². The first-order chi connectivity index (χ1) is 8.68. The first kappa shape index (κ1) is 11.9. The number of phenolic OH excluding ortho intramolecular Hbond substituents is 1. The van der Waals surface area contributed by atoms with Crippen molar-refractivity contribution in [1.82, 2.24) is 4.98 Å². The fourth-order valence-corrected chi connectivity index (χ4v) is 1.45. The van der Waals surface area contributed by atoms with E-state index >= 15 is 0 Å². The number of carboxylic acids is 1. The quantitative estimate of drug-likeness (QED) is 0.861. The van der Waals surface area contributed by atoms with Gasteiger partial charge in [0.2, 0.25) is 6.10 Å². The maximum absolute atomic E-state index is 11.2. The van der Waals surface area contributed by atoms with Gasteiger partial charge in [-0.15, -0.1) is 0 Å². The maximum Gasteiger partial charge on any atom is 0.351 e. The highest BCUT2D eigenvalue weighted by Crippen LogP contribution is 2.29. The number of carbonyl (C=O) groups is 1. The lowest BCUT2D eigenvalue weighted by atomic mass is 10.2. The molecule has 0 amide bonds. The standard InChI is InChI=1S/C13H11NO4/c15-10-6-1-2-7-11(10)18-12(13(16)17)9-5-3-4-8-14-9/h1-8,12,15H,(H,16,17). The third kappa shape index (κ3) is 2.57. The number of ether oxygens (including phenoxy) is 1. The number of carboxylic acid groups (broad SMARTS) is 1. The van der Waals surface area contributed by atoms with Gasteiger partial charge in [-0.3, -0.25) is 4.98 Å². The van der Waals surface area contributed by atoms with Crippen LogP contribution in [0.25, 0.3) is 0 Å². The van der Waals surface area contributed by atoms with Gasteiger partial charge >= 0.3 is 5.97 Å². The Morgan fingerprint density at radius 2 is 1.89 bits per heavy atom. The third-order valence-corrected chi connectivity index (χ3v) is 2.29. The fraction of sp³-hybridized carbons (Fsp3) is 0.0769. The van der Waals surface area contributed by atoms with Crippen LogP contribution in [0.2, 0.25) is 0 Å². The van der Waals surface area contributed by atoms with E-state index in [-0.39, 0.29) is 17.2 Å². The number of aromatic hydroxyl groups is 1. The number of nitrogens with zero attached hydrogens (tertiary/aromatic N) is 1. The molecular weight excluding hydrogens is 234 g/mol. The van der Waals surface area contributed by atoms with Crippen LogP contribution >= 0.6 is 0 Å². The summed E-state index contributed by atoms with van der Waals surface area (Å²) in [5, 5.41) is 18.7. The predicted molar refractivity (Wildman–Crippen MR) is 63.3 cm³/mol. The zero-order valence-electron chi connectivity index (χ0n) is 9.35. The van der Waals surface area contributed by atoms with Crippen LogP contribution in [0.15, 0.2) is 48.7 Å². The number of pyridine rings is 1. The minimum absolute atomic E-state index is 0.107. The number of benzene rings is 1. The lowest BCUT2D eigenvalue weighted by molar-refractivity contribution is -0.145. The lowest BCUT2D eigenvalue weighted by Crippen LogP contribution is -2.19. The molecular formula is C13H11NO4. The van der Waals surface area contributed by atoms with Gasteiger partial charge in [-0.1, -0.05) is 18.2 Å². The summed E-state index contributed by atoms with van der Waals surface area (Å²) in [6.45, 7) is 0. The average Bonchev–Trinajstić information content (AvgIpc) is 2.38. The molecule has 0 saturated heterocycles. The molecule has 0 saturated carbocycles. The van der Waals surface area contributed by atoms with Crippen LogP contribution in [0, 0.1) is 0 Å². The van der Waals surface area contributed by atoms with Crippen molar-refractivity contribution in [3.63, 3.8) is 0 Å². The Kier molecular flexibility index (Phi) is 3.43. The number of phenols is 1. The van der Waals surface area contributed by atoms with Gasteiger partial charge in [-0.25, -0.2) is 4.79 Å². The second-order valence-corrected chi connectivity index (χ2v) is 3.56. The molecule has 2 aromatic rings. The van der Waals surface area contributed by atoms with E-state index in [9.17, 15) is 9.90 Å². The zero-order valence-corrected chi connectivity index (χ0v) is 9.35. The van der Waals surface area contributed by atoms with Crippen molar-refractivity contribution >= 4 is 5.97 Å². The SMILES string of the molecule is O=C(O)C(Oc1ccccc1O)c1ccccn1. The second-order valence-electron chi connectivity index (χ2n) is 3.56. The second kappa shape index (κ2) is 5.18. The number of aliphatic carboxylic acids is 1. The van der Waals surface area contributed by atoms with Gasteiger partial charge in [0.25, 0.3) is 0 Å². The highest BCUT2D eigenvalue weighted by molar-refractivity contribution is 5.74. The van der Waals surface area contributed by atoms with E-state index in [1.165, 1.54) is 18.3 Å². The average molecular weight is 245 g/mol. The maximum atomic E-state index is 11.2. The van der Waals surface area contributed by atoms with Crippen molar-refractivity contribution in [3.05, 3.63) is 54.4 Å². The lowest BCUT2D eigenvalue weighted by Gasteiger charge is -2.15. The van der Waals surface area contributed by atoms with Crippen LogP contribution in [0.1, 0.15) is 11.8 Å². The fourth-order valence-electron chi connectivity index (χ4n) is 1.45. The largest absolute Gasteiger partial charge is 0.504 e. The summed E-state index contributed by atoms with van der Waals surface area (Å²) in [6, 6.07) is 11.1. The first-order valence-electron chi connectivity index (χ1n) is 5.27. The molecule has 1 aromatic heterocycles. The predicted octanol–water partition coefficient (Wildman–Crippen LogP) is 1.99. The molecule has 1 aromatic carbocycles. The van der Waals surface area contributed by atoms with E-state index in [4.69, 9.17) is 9.84 Å². The Labute approximate surface area is 103 Å². The molecule has 5 heteroatoms. The van der Waals surface area contributed by atoms with Crippen LogP contribution in [-0.4, -0.2) is 21.2 Å². The summed E-state index contributed by atoms with van der Waals surface area (Å²) in [5.74, 6) is -1.17. The summed E-state index contributed by atoms with van der Waals surface area (Å²) >= 11 is 0. The Bertz CT molecular complexity index is 542. The molecule has 0 aliphatic carbocycles. The highest BCUT2D eigenvalue weighted by atomic mass is 16.5. The van der Waals surface area contributed by atoms with Gasteiger partial charge in [-0.2, -0.15) is 0 Å². The molecule has 92 valence electrons. The van der Waals surface area contributed by atoms with Crippen LogP contribution in [0.4, 0.5) is 0 Å². The molecule has 0 radical (unpaired) electrons. The number of aromatic nitrogens is 1. The number of rotatable bonds is 4. The van der Waals surface area contributed by atoms with Gasteiger partial charge in [0, 0.05) is 6.20 Å². The van der Waals surface area contributed by atoms with Crippen LogP contribution in [0.3, 0.4) is 0 Å². The Balaban J connectivity index is 2.28. The molecule has 0 aliphatic heterocycles. The van der Waals surface area contributed by atoms with E-state index in [1.54, 1.807) is 30.3 Å². The summed E-state index contributed by atoms with van der Waals surface area (Å²) < 4.78 is 5.28. The van der Waals surface area contributed by atoms with Crippen molar-refractivity contribution in [3.8, 4) is 11.5 Å². The van der Waals surface area contributed by atoms with Gasteiger partial charge in [0.1, 0.15) is 0 Å². The Morgan fingerprint density at radius 3 is 2.50 bits per heavy atom. The van der Waals surface area contributed by atoms with E-state index in [0.717, 1.165) is 0 Å². The number of para-hydroxylation sites is 2. The molecule has 18 heavy (non-hydrogen) atoms. The first-order valence-corrected chi connectivity index (χ1v) is 5.27. The van der Waals surface area contributed by atoms with Gasteiger partial charge < -0.3 is 14.9 Å². The summed E-state index contributed by atoms with van der Waals surface area (Å²) in [4.78, 5) is 15.1. The molecule has 1 unspecified atom stereocenters. The van der Waals surface area contributed by atoms with Crippen LogP contribution in [-0.2, 0) is 4.79 Å². The van der Waals surface area contributed by atoms with Crippen molar-refractivity contribution in [2.24, 2.45) is 0 Å². The van der Waals surface area contributed by atoms with Gasteiger partial charge in [0.15, 0.2) is 11.5 Å². The van der Waals surface area contributed by atoms with Crippen molar-refractivity contribution in [2.75, 3.05) is 0 Å². The Morgan fingerprint density at radius 1 is 1.17 bits per heavy atom. The normalized spacial score (nSPS) is 11.8. The van der Waals surface area contributed by atoms with Crippen molar-refractivity contribution < 1.29 is 19.7 Å². The van der Waals surface area contributed by atoms with Crippen molar-refractivity contribution in [2.45, 2.75) is 6.10 Å². The minimum Gasteiger partial charge on any atom is -0.504 e. The highest BCUT2D eigenvalue weighted by Gasteiger charge is 2.24. The summed E-state index contributed by atoms with van der Waals surface area (Å²) in [5.41, 5.74) is 0.272. The molecule has 2 rings (SSSR count). The summed E-state index contributed by atoms with van der Waals surface area (Å²) in [6.07, 6.45) is 0.235. The molecule has 0 fully saturated rings. The molecule has 0 aliphatic rings. The third-order valence-electron chi connectivity index (χ3n) is 2.29. The molecule has 0 spiro atoms.